The molecule has 0 bridgehead atoms. The summed E-state index contributed by atoms with van der Waals surface area (Å²) in [5.41, 5.74) is 0. The van der Waals surface area contributed by atoms with Crippen molar-refractivity contribution < 1.29 is 9.53 Å². The zero-order valence-electron chi connectivity index (χ0n) is 11.1. The lowest BCUT2D eigenvalue weighted by atomic mass is 9.93. The van der Waals surface area contributed by atoms with Gasteiger partial charge in [-0.3, -0.25) is 4.79 Å². The second-order valence-electron chi connectivity index (χ2n) is 5.64. The van der Waals surface area contributed by atoms with E-state index in [9.17, 15) is 4.79 Å². The van der Waals surface area contributed by atoms with E-state index in [0.29, 0.717) is 17.9 Å². The number of hydrogen-bond acceptors (Lipinski definition) is 4. The molecule has 0 amide bonds. The fourth-order valence-corrected chi connectivity index (χ4v) is 2.79. The highest BCUT2D eigenvalue weighted by Gasteiger charge is 2.39. The molecule has 1 aliphatic carbocycles. The van der Waals surface area contributed by atoms with Gasteiger partial charge in [-0.1, -0.05) is 6.92 Å². The predicted octanol–water partition coefficient (Wildman–Crippen LogP) is 0.868. The Balaban J connectivity index is 1.91. The lowest BCUT2D eigenvalue weighted by Crippen LogP contribution is -2.53. The van der Waals surface area contributed by atoms with Gasteiger partial charge in [0.2, 0.25) is 0 Å². The van der Waals surface area contributed by atoms with Gasteiger partial charge in [-0.2, -0.15) is 0 Å². The molecule has 3 atom stereocenters. The van der Waals surface area contributed by atoms with Crippen LogP contribution in [0.5, 0.6) is 0 Å². The molecule has 2 rings (SSSR count). The van der Waals surface area contributed by atoms with Crippen LogP contribution in [0, 0.1) is 11.8 Å². The minimum Gasteiger partial charge on any atom is -0.468 e. The quantitative estimate of drug-likeness (QED) is 0.740. The Bertz CT molecular complexity index is 279. The normalized spacial score (nSPS) is 32.2. The van der Waals surface area contributed by atoms with E-state index in [1.54, 1.807) is 0 Å². The van der Waals surface area contributed by atoms with E-state index in [1.807, 2.05) is 0 Å². The van der Waals surface area contributed by atoms with Crippen LogP contribution in [0.25, 0.3) is 0 Å². The van der Waals surface area contributed by atoms with Crippen molar-refractivity contribution in [3.8, 4) is 0 Å². The number of nitrogens with zero attached hydrogens (tertiary/aromatic N) is 1. The standard InChI is InChI=1S/C13H24N2O2/c1-9-8-15(2)7-6-11(9)14-12(10-4-5-10)13(16)17-3/h9-12,14H,4-8H2,1-3H3. The molecule has 0 aromatic heterocycles. The van der Waals surface area contributed by atoms with Gasteiger partial charge in [-0.25, -0.2) is 0 Å². The third-order valence-electron chi connectivity index (χ3n) is 4.05. The first-order valence-electron chi connectivity index (χ1n) is 6.64. The molecule has 3 unspecified atom stereocenters. The van der Waals surface area contributed by atoms with Crippen LogP contribution in [0.3, 0.4) is 0 Å². The average molecular weight is 240 g/mol. The first kappa shape index (κ1) is 12.8. The molecule has 17 heavy (non-hydrogen) atoms. The van der Waals surface area contributed by atoms with Crippen molar-refractivity contribution in [2.45, 2.75) is 38.3 Å². The monoisotopic (exact) mass is 240 g/mol. The van der Waals surface area contributed by atoms with E-state index in [2.05, 4.69) is 24.2 Å². The van der Waals surface area contributed by atoms with Crippen LogP contribution in [0.15, 0.2) is 0 Å². The summed E-state index contributed by atoms with van der Waals surface area (Å²) in [5, 5.41) is 3.54. The van der Waals surface area contributed by atoms with Crippen LogP contribution in [-0.2, 0) is 9.53 Å². The van der Waals surface area contributed by atoms with Crippen molar-refractivity contribution >= 4 is 5.97 Å². The van der Waals surface area contributed by atoms with Crippen molar-refractivity contribution in [3.63, 3.8) is 0 Å². The van der Waals surface area contributed by atoms with Crippen molar-refractivity contribution in [2.75, 3.05) is 27.2 Å². The number of ether oxygens (including phenoxy) is 1. The number of nitrogens with one attached hydrogen (secondary N) is 1. The molecular formula is C13H24N2O2. The summed E-state index contributed by atoms with van der Waals surface area (Å²) in [6, 6.07) is 0.381. The Labute approximate surface area is 104 Å². The number of carbonyl (C=O) groups excluding carboxylic acids is 1. The molecule has 1 aliphatic heterocycles. The number of esters is 1. The Morgan fingerprint density at radius 1 is 1.41 bits per heavy atom. The SMILES string of the molecule is COC(=O)C(NC1CCN(C)CC1C)C1CC1. The summed E-state index contributed by atoms with van der Waals surface area (Å²) < 4.78 is 4.90. The maximum Gasteiger partial charge on any atom is 0.323 e. The Hall–Kier alpha value is -0.610. The molecule has 4 heteroatoms. The zero-order chi connectivity index (χ0) is 12.4. The fourth-order valence-electron chi connectivity index (χ4n) is 2.79. The average Bonchev–Trinajstić information content (AvgIpc) is 3.11. The molecule has 2 fully saturated rings. The molecule has 98 valence electrons. The Morgan fingerprint density at radius 2 is 2.12 bits per heavy atom. The predicted molar refractivity (Wildman–Crippen MR) is 66.7 cm³/mol. The van der Waals surface area contributed by atoms with Crippen LogP contribution < -0.4 is 5.32 Å². The van der Waals surface area contributed by atoms with E-state index in [4.69, 9.17) is 4.74 Å². The number of methoxy groups -OCH3 is 1. The Morgan fingerprint density at radius 3 is 2.65 bits per heavy atom. The van der Waals surface area contributed by atoms with Gasteiger partial charge in [-0.05, 0) is 44.7 Å². The lowest BCUT2D eigenvalue weighted by Gasteiger charge is -2.37. The van der Waals surface area contributed by atoms with Gasteiger partial charge in [0.25, 0.3) is 0 Å². The summed E-state index contributed by atoms with van der Waals surface area (Å²) >= 11 is 0. The zero-order valence-corrected chi connectivity index (χ0v) is 11.1. The van der Waals surface area contributed by atoms with Crippen LogP contribution >= 0.6 is 0 Å². The number of piperidine rings is 1. The van der Waals surface area contributed by atoms with Gasteiger partial charge in [-0.15, -0.1) is 0 Å². The number of rotatable bonds is 4. The summed E-state index contributed by atoms with van der Waals surface area (Å²) in [6.07, 6.45) is 3.44. The van der Waals surface area contributed by atoms with Crippen molar-refractivity contribution in [1.82, 2.24) is 10.2 Å². The van der Waals surface area contributed by atoms with Crippen LogP contribution in [0.2, 0.25) is 0 Å². The molecule has 0 aromatic rings. The van der Waals surface area contributed by atoms with Crippen molar-refractivity contribution in [3.05, 3.63) is 0 Å². The molecular weight excluding hydrogens is 216 g/mol. The fraction of sp³-hybridized carbons (Fsp3) is 0.923. The minimum absolute atomic E-state index is 0.0733. The topological polar surface area (TPSA) is 41.6 Å². The number of hydrogen-bond donors (Lipinski definition) is 1. The molecule has 0 aromatic carbocycles. The molecule has 2 aliphatic rings. The molecule has 0 spiro atoms. The maximum absolute atomic E-state index is 11.7. The van der Waals surface area contributed by atoms with Crippen LogP contribution in [0.4, 0.5) is 0 Å². The smallest absolute Gasteiger partial charge is 0.323 e. The number of carbonyl (C=O) groups is 1. The molecule has 4 nitrogen and oxygen atoms in total. The van der Waals surface area contributed by atoms with E-state index >= 15 is 0 Å². The van der Waals surface area contributed by atoms with Crippen LogP contribution in [-0.4, -0.2) is 50.2 Å². The molecule has 0 radical (unpaired) electrons. The first-order valence-corrected chi connectivity index (χ1v) is 6.64. The van der Waals surface area contributed by atoms with Crippen molar-refractivity contribution in [1.29, 1.82) is 0 Å². The first-order chi connectivity index (χ1) is 8.11. The highest BCUT2D eigenvalue weighted by Crippen LogP contribution is 2.34. The second-order valence-corrected chi connectivity index (χ2v) is 5.64. The Kier molecular flexibility index (Phi) is 4.05. The van der Waals surface area contributed by atoms with E-state index in [1.165, 1.54) is 7.11 Å². The van der Waals surface area contributed by atoms with E-state index in [0.717, 1.165) is 32.4 Å². The summed E-state index contributed by atoms with van der Waals surface area (Å²) in [6.45, 7) is 4.48. The molecule has 1 saturated carbocycles. The number of likely N-dealkylation sites (tertiary alicyclic amines) is 1. The van der Waals surface area contributed by atoms with Gasteiger partial charge in [0.05, 0.1) is 7.11 Å². The van der Waals surface area contributed by atoms with Gasteiger partial charge in [0.1, 0.15) is 6.04 Å². The maximum atomic E-state index is 11.7. The summed E-state index contributed by atoms with van der Waals surface area (Å²) in [5.74, 6) is 1.02. The van der Waals surface area contributed by atoms with Crippen LogP contribution in [0.1, 0.15) is 26.2 Å². The third-order valence-corrected chi connectivity index (χ3v) is 4.05. The van der Waals surface area contributed by atoms with E-state index < -0.39 is 0 Å². The lowest BCUT2D eigenvalue weighted by molar-refractivity contribution is -0.144. The highest BCUT2D eigenvalue weighted by atomic mass is 16.5. The van der Waals surface area contributed by atoms with Crippen molar-refractivity contribution in [2.24, 2.45) is 11.8 Å². The summed E-state index contributed by atoms with van der Waals surface area (Å²) in [4.78, 5) is 14.1. The molecule has 1 heterocycles. The van der Waals surface area contributed by atoms with Gasteiger partial charge >= 0.3 is 5.97 Å². The largest absolute Gasteiger partial charge is 0.468 e. The van der Waals surface area contributed by atoms with E-state index in [-0.39, 0.29) is 12.0 Å². The van der Waals surface area contributed by atoms with Gasteiger partial charge in [0, 0.05) is 12.6 Å². The van der Waals surface area contributed by atoms with Gasteiger partial charge in [0.15, 0.2) is 0 Å². The second kappa shape index (κ2) is 5.36. The molecule has 1 N–H and O–H groups in total. The highest BCUT2D eigenvalue weighted by molar-refractivity contribution is 5.76. The third kappa shape index (κ3) is 3.19. The van der Waals surface area contributed by atoms with Gasteiger partial charge < -0.3 is 15.0 Å². The summed E-state index contributed by atoms with van der Waals surface area (Å²) in [7, 11) is 3.64. The molecule has 1 saturated heterocycles. The minimum atomic E-state index is -0.0846.